The number of aromatic nitrogens is 2. The van der Waals surface area contributed by atoms with Gasteiger partial charge in [-0.15, -0.1) is 0 Å². The molecule has 1 aliphatic rings. The minimum atomic E-state index is -0.157. The molecule has 23 heavy (non-hydrogen) atoms. The van der Waals surface area contributed by atoms with E-state index in [9.17, 15) is 0 Å². The van der Waals surface area contributed by atoms with Crippen LogP contribution in [0, 0.1) is 0 Å². The maximum absolute atomic E-state index is 6.06. The van der Waals surface area contributed by atoms with Crippen molar-refractivity contribution in [1.82, 2.24) is 14.9 Å². The lowest BCUT2D eigenvalue weighted by Crippen LogP contribution is -2.44. The van der Waals surface area contributed by atoms with Crippen LogP contribution < -0.4 is 16.2 Å². The summed E-state index contributed by atoms with van der Waals surface area (Å²) in [6, 6.07) is 9.68. The molecule has 4 N–H and O–H groups in total. The summed E-state index contributed by atoms with van der Waals surface area (Å²) in [5, 5.41) is 0. The van der Waals surface area contributed by atoms with Gasteiger partial charge in [-0.3, -0.25) is 4.90 Å². The van der Waals surface area contributed by atoms with Crippen LogP contribution >= 0.6 is 0 Å². The number of morpholine rings is 1. The van der Waals surface area contributed by atoms with Gasteiger partial charge in [-0.25, -0.2) is 0 Å². The van der Waals surface area contributed by atoms with E-state index >= 15 is 0 Å². The van der Waals surface area contributed by atoms with Crippen LogP contribution in [0.25, 0.3) is 11.1 Å². The highest BCUT2D eigenvalue weighted by Gasteiger charge is 2.22. The molecule has 2 aromatic rings. The molecule has 0 radical (unpaired) electrons. The van der Waals surface area contributed by atoms with E-state index in [0.717, 1.165) is 18.7 Å². The molecular formula is C16H21N5O2. The minimum absolute atomic E-state index is 0.103. The van der Waals surface area contributed by atoms with Gasteiger partial charge >= 0.3 is 0 Å². The van der Waals surface area contributed by atoms with Gasteiger partial charge in [0.1, 0.15) is 5.82 Å². The number of nitrogens with zero attached hydrogens (tertiary/aromatic N) is 3. The standard InChI is InChI=1S/C16H21N5O2/c1-11(21-7-9-22-10-8-21)23-15-13(12-5-3-2-4-6-12)14(17)19-16(18)20-15/h2-6,11H,7-10H2,1H3,(H4,17,18,19,20). The number of ether oxygens (including phenoxy) is 2. The van der Waals surface area contributed by atoms with Gasteiger partial charge in [0.05, 0.1) is 18.8 Å². The van der Waals surface area contributed by atoms with Gasteiger partial charge in [-0.1, -0.05) is 30.3 Å². The molecule has 1 aromatic carbocycles. The third-order valence-corrected chi connectivity index (χ3v) is 3.83. The van der Waals surface area contributed by atoms with Gasteiger partial charge in [-0.05, 0) is 12.5 Å². The van der Waals surface area contributed by atoms with Crippen molar-refractivity contribution in [3.63, 3.8) is 0 Å². The number of benzene rings is 1. The second-order valence-electron chi connectivity index (χ2n) is 5.38. The van der Waals surface area contributed by atoms with Crippen molar-refractivity contribution in [2.75, 3.05) is 37.8 Å². The summed E-state index contributed by atoms with van der Waals surface area (Å²) in [7, 11) is 0. The minimum Gasteiger partial charge on any atom is -0.458 e. The summed E-state index contributed by atoms with van der Waals surface area (Å²) in [6.45, 7) is 5.02. The Morgan fingerprint density at radius 1 is 1.13 bits per heavy atom. The first kappa shape index (κ1) is 15.5. The molecule has 7 nitrogen and oxygen atoms in total. The summed E-state index contributed by atoms with van der Waals surface area (Å²) in [4.78, 5) is 10.5. The number of rotatable bonds is 4. The lowest BCUT2D eigenvalue weighted by Gasteiger charge is -2.32. The van der Waals surface area contributed by atoms with Gasteiger partial charge < -0.3 is 20.9 Å². The third-order valence-electron chi connectivity index (χ3n) is 3.83. The molecule has 0 spiro atoms. The Kier molecular flexibility index (Phi) is 4.59. The maximum Gasteiger partial charge on any atom is 0.230 e. The van der Waals surface area contributed by atoms with Crippen LogP contribution in [0.2, 0.25) is 0 Å². The number of nitrogens with two attached hydrogens (primary N) is 2. The van der Waals surface area contributed by atoms with Crippen molar-refractivity contribution in [1.29, 1.82) is 0 Å². The first-order valence-electron chi connectivity index (χ1n) is 7.62. The van der Waals surface area contributed by atoms with Crippen LogP contribution in [-0.4, -0.2) is 47.4 Å². The number of hydrogen-bond donors (Lipinski definition) is 2. The second-order valence-corrected chi connectivity index (χ2v) is 5.38. The zero-order valence-electron chi connectivity index (χ0n) is 13.1. The molecule has 2 heterocycles. The summed E-state index contributed by atoms with van der Waals surface area (Å²) in [6.07, 6.45) is -0.157. The topological polar surface area (TPSA) is 99.5 Å². The lowest BCUT2D eigenvalue weighted by atomic mass is 10.1. The van der Waals surface area contributed by atoms with E-state index in [4.69, 9.17) is 20.9 Å². The van der Waals surface area contributed by atoms with Crippen LogP contribution in [0.15, 0.2) is 30.3 Å². The van der Waals surface area contributed by atoms with Gasteiger partial charge in [0.25, 0.3) is 0 Å². The van der Waals surface area contributed by atoms with Crippen molar-refractivity contribution in [2.24, 2.45) is 0 Å². The van der Waals surface area contributed by atoms with Crippen LogP contribution in [0.3, 0.4) is 0 Å². The van der Waals surface area contributed by atoms with Gasteiger partial charge in [0, 0.05) is 13.1 Å². The summed E-state index contributed by atoms with van der Waals surface area (Å²) in [5.41, 5.74) is 13.4. The van der Waals surface area contributed by atoms with Crippen molar-refractivity contribution in [3.8, 4) is 17.0 Å². The monoisotopic (exact) mass is 315 g/mol. The Labute approximate surface area is 135 Å². The average Bonchev–Trinajstić information content (AvgIpc) is 2.56. The maximum atomic E-state index is 6.06. The molecule has 122 valence electrons. The predicted octanol–water partition coefficient (Wildman–Crippen LogP) is 1.37. The molecule has 1 aliphatic heterocycles. The van der Waals surface area contributed by atoms with E-state index in [1.807, 2.05) is 37.3 Å². The fraction of sp³-hybridized carbons (Fsp3) is 0.375. The first-order valence-corrected chi connectivity index (χ1v) is 7.62. The Morgan fingerprint density at radius 2 is 1.83 bits per heavy atom. The zero-order chi connectivity index (χ0) is 16.2. The molecule has 1 fully saturated rings. The fourth-order valence-corrected chi connectivity index (χ4v) is 2.61. The fourth-order valence-electron chi connectivity index (χ4n) is 2.61. The summed E-state index contributed by atoms with van der Waals surface area (Å²) < 4.78 is 11.4. The quantitative estimate of drug-likeness (QED) is 0.878. The Morgan fingerprint density at radius 3 is 2.52 bits per heavy atom. The normalized spacial score (nSPS) is 16.9. The smallest absolute Gasteiger partial charge is 0.230 e. The third kappa shape index (κ3) is 3.52. The molecule has 0 saturated carbocycles. The molecule has 1 atom stereocenters. The van der Waals surface area contributed by atoms with E-state index in [1.165, 1.54) is 0 Å². The predicted molar refractivity (Wildman–Crippen MR) is 88.8 cm³/mol. The highest BCUT2D eigenvalue weighted by Crippen LogP contribution is 2.34. The zero-order valence-corrected chi connectivity index (χ0v) is 13.1. The number of hydrogen-bond acceptors (Lipinski definition) is 7. The Bertz CT molecular complexity index is 659. The van der Waals surface area contributed by atoms with Gasteiger partial charge in [0.15, 0.2) is 6.23 Å². The van der Waals surface area contributed by atoms with Crippen molar-refractivity contribution in [2.45, 2.75) is 13.2 Å². The highest BCUT2D eigenvalue weighted by atomic mass is 16.5. The van der Waals surface area contributed by atoms with E-state index < -0.39 is 0 Å². The molecule has 1 aromatic heterocycles. The van der Waals surface area contributed by atoms with E-state index in [0.29, 0.717) is 30.5 Å². The van der Waals surface area contributed by atoms with E-state index in [-0.39, 0.29) is 12.2 Å². The number of anilines is 2. The largest absolute Gasteiger partial charge is 0.458 e. The first-order chi connectivity index (χ1) is 11.1. The van der Waals surface area contributed by atoms with Crippen LogP contribution in [-0.2, 0) is 4.74 Å². The van der Waals surface area contributed by atoms with Gasteiger partial charge in [-0.2, -0.15) is 9.97 Å². The highest BCUT2D eigenvalue weighted by molar-refractivity contribution is 5.78. The lowest BCUT2D eigenvalue weighted by molar-refractivity contribution is -0.0385. The summed E-state index contributed by atoms with van der Waals surface area (Å²) in [5.74, 6) is 0.819. The SMILES string of the molecule is CC(Oc1nc(N)nc(N)c1-c1ccccc1)N1CCOCC1. The van der Waals surface area contributed by atoms with E-state index in [1.54, 1.807) is 0 Å². The molecule has 1 saturated heterocycles. The van der Waals surface area contributed by atoms with E-state index in [2.05, 4.69) is 14.9 Å². The molecule has 0 bridgehead atoms. The Balaban J connectivity index is 1.91. The molecule has 1 unspecified atom stereocenters. The van der Waals surface area contributed by atoms with Crippen LogP contribution in [0.5, 0.6) is 5.88 Å². The average molecular weight is 315 g/mol. The van der Waals surface area contributed by atoms with Crippen LogP contribution in [0.4, 0.5) is 11.8 Å². The van der Waals surface area contributed by atoms with Gasteiger partial charge in [0.2, 0.25) is 11.8 Å². The second kappa shape index (κ2) is 6.80. The molecule has 7 heteroatoms. The molecular weight excluding hydrogens is 294 g/mol. The number of nitrogen functional groups attached to an aromatic ring is 2. The van der Waals surface area contributed by atoms with Crippen molar-refractivity contribution < 1.29 is 9.47 Å². The molecule has 0 amide bonds. The van der Waals surface area contributed by atoms with Crippen molar-refractivity contribution in [3.05, 3.63) is 30.3 Å². The summed E-state index contributed by atoms with van der Waals surface area (Å²) >= 11 is 0. The van der Waals surface area contributed by atoms with Crippen molar-refractivity contribution >= 4 is 11.8 Å². The Hall–Kier alpha value is -2.38. The van der Waals surface area contributed by atoms with Crippen LogP contribution in [0.1, 0.15) is 6.92 Å². The molecule has 0 aliphatic carbocycles. The molecule has 3 rings (SSSR count).